The number of benzene rings is 1. The minimum absolute atomic E-state index is 2.39. The number of alkyl halides is 9. The van der Waals surface area contributed by atoms with E-state index in [4.69, 9.17) is 0 Å². The van der Waals surface area contributed by atoms with Crippen LogP contribution in [0.25, 0.3) is 0 Å². The smallest absolute Gasteiger partial charge is 0.280 e. The highest BCUT2D eigenvalue weighted by Gasteiger charge is 2.66. The molecular formula is C9F14O3Si. The monoisotopic (exact) mass is 450 g/mol. The molecule has 0 aliphatic rings. The van der Waals surface area contributed by atoms with Gasteiger partial charge in [-0.15, -0.1) is 39.5 Å². The van der Waals surface area contributed by atoms with Gasteiger partial charge in [-0.3, -0.25) is 13.3 Å². The summed E-state index contributed by atoms with van der Waals surface area (Å²) in [4.78, 5) is 0. The Morgan fingerprint density at radius 1 is 0.444 bits per heavy atom. The Bertz CT molecular complexity index is 638. The van der Waals surface area contributed by atoms with E-state index < -0.39 is 62.2 Å². The van der Waals surface area contributed by atoms with E-state index in [0.717, 1.165) is 0 Å². The Morgan fingerprint density at radius 3 is 0.889 bits per heavy atom. The number of halogens is 14. The fourth-order valence-electron chi connectivity index (χ4n) is 1.55. The predicted molar refractivity (Wildman–Crippen MR) is 53.0 cm³/mol. The van der Waals surface area contributed by atoms with Crippen molar-refractivity contribution in [2.75, 3.05) is 0 Å². The first-order valence-electron chi connectivity index (χ1n) is 5.62. The number of rotatable bonds is 4. The van der Waals surface area contributed by atoms with E-state index in [0.29, 0.717) is 0 Å². The molecule has 1 rings (SSSR count). The van der Waals surface area contributed by atoms with Crippen molar-refractivity contribution in [1.29, 1.82) is 0 Å². The Labute approximate surface area is 138 Å². The average molecular weight is 450 g/mol. The van der Waals surface area contributed by atoms with E-state index in [2.05, 4.69) is 13.3 Å². The molecule has 0 N–H and O–H groups in total. The van der Waals surface area contributed by atoms with Gasteiger partial charge in [0.25, 0.3) is 0 Å². The number of hydrogen-bond donors (Lipinski definition) is 0. The average Bonchev–Trinajstić information content (AvgIpc) is 2.37. The topological polar surface area (TPSA) is 27.7 Å². The predicted octanol–water partition coefficient (Wildman–Crippen LogP) is 4.14. The highest BCUT2D eigenvalue weighted by atomic mass is 28.4. The molecule has 0 aliphatic heterocycles. The van der Waals surface area contributed by atoms with Crippen LogP contribution in [0.2, 0.25) is 0 Å². The summed E-state index contributed by atoms with van der Waals surface area (Å²) < 4.78 is 185. The first kappa shape index (κ1) is 23.4. The summed E-state index contributed by atoms with van der Waals surface area (Å²) in [7, 11) is -8.02. The van der Waals surface area contributed by atoms with Gasteiger partial charge < -0.3 is 0 Å². The van der Waals surface area contributed by atoms with Crippen molar-refractivity contribution in [3.05, 3.63) is 29.1 Å². The number of hydrogen-bond acceptors (Lipinski definition) is 3. The van der Waals surface area contributed by atoms with Crippen molar-refractivity contribution >= 4 is 14.0 Å². The molecule has 18 heteroatoms. The van der Waals surface area contributed by atoms with Crippen molar-refractivity contribution in [2.24, 2.45) is 0 Å². The zero-order valence-electron chi connectivity index (χ0n) is 11.5. The Morgan fingerprint density at radius 2 is 0.667 bits per heavy atom. The van der Waals surface area contributed by atoms with Crippen LogP contribution in [0.3, 0.4) is 0 Å². The molecule has 0 heterocycles. The van der Waals surface area contributed by atoms with E-state index in [1.807, 2.05) is 0 Å². The maximum Gasteiger partial charge on any atom is 0.562 e. The molecule has 3 nitrogen and oxygen atoms in total. The molecule has 0 bridgehead atoms. The SMILES string of the molecule is Fc1c(F)c(F)c([Si](OC(F)(F)F)(OC(F)(F)F)OC(F)(F)F)c(F)c1F. The Hall–Kier alpha value is -1.66. The van der Waals surface area contributed by atoms with Gasteiger partial charge in [-0.2, -0.15) is 0 Å². The van der Waals surface area contributed by atoms with Crippen molar-refractivity contribution in [3.63, 3.8) is 0 Å². The van der Waals surface area contributed by atoms with Crippen molar-refractivity contribution in [2.45, 2.75) is 19.1 Å². The lowest BCUT2D eigenvalue weighted by Gasteiger charge is -2.31. The summed E-state index contributed by atoms with van der Waals surface area (Å²) in [6.07, 6.45) is -19.7. The summed E-state index contributed by atoms with van der Waals surface area (Å²) in [5.74, 6) is -16.5. The van der Waals surface area contributed by atoms with Crippen molar-refractivity contribution < 1.29 is 74.7 Å². The molecule has 0 aliphatic carbocycles. The summed E-state index contributed by atoms with van der Waals surface area (Å²) in [5, 5.41) is -3.36. The van der Waals surface area contributed by atoms with Crippen LogP contribution in [0, 0.1) is 29.1 Å². The Balaban J connectivity index is 3.97. The molecule has 1 aromatic rings. The minimum atomic E-state index is -8.02. The van der Waals surface area contributed by atoms with Gasteiger partial charge in [-0.25, -0.2) is 22.0 Å². The van der Waals surface area contributed by atoms with Crippen molar-refractivity contribution in [1.82, 2.24) is 0 Å². The van der Waals surface area contributed by atoms with Gasteiger partial charge in [0.05, 0.1) is 0 Å². The minimum Gasteiger partial charge on any atom is -0.280 e. The van der Waals surface area contributed by atoms with Gasteiger partial charge in [0.15, 0.2) is 23.3 Å². The lowest BCUT2D eigenvalue weighted by molar-refractivity contribution is -0.363. The highest BCUT2D eigenvalue weighted by molar-refractivity contribution is 6.75. The van der Waals surface area contributed by atoms with Gasteiger partial charge in [0, 0.05) is 0 Å². The van der Waals surface area contributed by atoms with E-state index in [1.54, 1.807) is 0 Å². The quantitative estimate of drug-likeness (QED) is 0.299. The molecule has 156 valence electrons. The largest absolute Gasteiger partial charge is 0.562 e. The standard InChI is InChI=1S/C9F14O3Si/c10-1-2(11)4(13)6(5(14)3(1)12)27(24-7(15,16)17,25-8(18,19)20)26-9(21,22)23. The van der Waals surface area contributed by atoms with Gasteiger partial charge >= 0.3 is 27.9 Å². The van der Waals surface area contributed by atoms with E-state index in [9.17, 15) is 61.5 Å². The van der Waals surface area contributed by atoms with Crippen LogP contribution in [0.15, 0.2) is 0 Å². The first-order valence-corrected chi connectivity index (χ1v) is 7.35. The Kier molecular flexibility index (Phi) is 6.11. The maximum absolute atomic E-state index is 13.6. The summed E-state index contributed by atoms with van der Waals surface area (Å²) in [5.41, 5.74) is 0. The molecule has 0 amide bonds. The third-order valence-corrected chi connectivity index (χ3v) is 4.82. The maximum atomic E-state index is 13.6. The van der Waals surface area contributed by atoms with Crippen LogP contribution in [0.5, 0.6) is 0 Å². The zero-order valence-corrected chi connectivity index (χ0v) is 12.5. The van der Waals surface area contributed by atoms with Crippen LogP contribution >= 0.6 is 0 Å². The zero-order chi connectivity index (χ0) is 21.6. The molecule has 0 saturated heterocycles. The molecule has 0 saturated carbocycles. The first-order chi connectivity index (χ1) is 11.8. The van der Waals surface area contributed by atoms with Gasteiger partial charge in [0.2, 0.25) is 5.82 Å². The second-order valence-corrected chi connectivity index (χ2v) is 6.37. The summed E-state index contributed by atoms with van der Waals surface area (Å²) in [6, 6.07) is 0. The van der Waals surface area contributed by atoms with Crippen LogP contribution in [-0.2, 0) is 13.3 Å². The van der Waals surface area contributed by atoms with Gasteiger partial charge in [-0.1, -0.05) is 0 Å². The fraction of sp³-hybridized carbons (Fsp3) is 0.333. The van der Waals surface area contributed by atoms with Gasteiger partial charge in [0.1, 0.15) is 5.19 Å². The molecule has 0 spiro atoms. The van der Waals surface area contributed by atoms with E-state index >= 15 is 0 Å². The highest BCUT2D eigenvalue weighted by Crippen LogP contribution is 2.36. The second-order valence-electron chi connectivity index (χ2n) is 4.14. The molecular weight excluding hydrogens is 450 g/mol. The normalized spacial score (nSPS) is 14.0. The second kappa shape index (κ2) is 7.06. The molecule has 0 unspecified atom stereocenters. The third-order valence-electron chi connectivity index (χ3n) is 2.27. The molecule has 0 radical (unpaired) electrons. The van der Waals surface area contributed by atoms with Crippen molar-refractivity contribution in [3.8, 4) is 0 Å². The summed E-state index contributed by atoms with van der Waals surface area (Å²) in [6.45, 7) is 0. The molecule has 1 aromatic carbocycles. The third kappa shape index (κ3) is 5.66. The molecule has 0 aromatic heterocycles. The molecule has 0 fully saturated rings. The molecule has 0 atom stereocenters. The summed E-state index contributed by atoms with van der Waals surface area (Å²) >= 11 is 0. The lowest BCUT2D eigenvalue weighted by atomic mass is 10.3. The van der Waals surface area contributed by atoms with E-state index in [-0.39, 0.29) is 0 Å². The molecule has 27 heavy (non-hydrogen) atoms. The van der Waals surface area contributed by atoms with Crippen LogP contribution < -0.4 is 5.19 Å². The van der Waals surface area contributed by atoms with Crippen LogP contribution in [0.4, 0.5) is 61.5 Å². The van der Waals surface area contributed by atoms with Crippen LogP contribution in [0.1, 0.15) is 0 Å². The van der Waals surface area contributed by atoms with Crippen LogP contribution in [-0.4, -0.2) is 27.9 Å². The fourth-order valence-corrected chi connectivity index (χ4v) is 3.65. The van der Waals surface area contributed by atoms with Gasteiger partial charge in [-0.05, 0) is 0 Å². The lowest BCUT2D eigenvalue weighted by Crippen LogP contribution is -2.65. The van der Waals surface area contributed by atoms with E-state index in [1.165, 1.54) is 0 Å².